The fourth-order valence-electron chi connectivity index (χ4n) is 1.45. The molecule has 0 saturated carbocycles. The molecule has 2 N–H and O–H groups in total. The Morgan fingerprint density at radius 1 is 1.33 bits per heavy atom. The molecule has 0 aromatic heterocycles. The average Bonchev–Trinajstić information content (AvgIpc) is 2.06. The third kappa shape index (κ3) is 2.43. The normalized spacial score (nSPS) is 21.1. The Kier molecular flexibility index (Phi) is 3.49. The van der Waals surface area contributed by atoms with E-state index in [1.807, 2.05) is 0 Å². The standard InChI is InChI=1S/C7H15NO3S/c9-5-6-12(10,11)7-1-3-8-4-2-7/h7-9H,1-6H2. The van der Waals surface area contributed by atoms with E-state index in [-0.39, 0.29) is 17.6 Å². The zero-order valence-electron chi connectivity index (χ0n) is 6.99. The highest BCUT2D eigenvalue weighted by atomic mass is 32.2. The molecular weight excluding hydrogens is 178 g/mol. The van der Waals surface area contributed by atoms with Gasteiger partial charge in [-0.3, -0.25) is 0 Å². The van der Waals surface area contributed by atoms with Crippen LogP contribution in [0.2, 0.25) is 0 Å². The lowest BCUT2D eigenvalue weighted by atomic mass is 10.2. The van der Waals surface area contributed by atoms with Crippen molar-refractivity contribution in [2.45, 2.75) is 18.1 Å². The molecule has 0 unspecified atom stereocenters. The summed E-state index contributed by atoms with van der Waals surface area (Å²) in [5, 5.41) is 11.4. The molecule has 0 aromatic carbocycles. The Labute approximate surface area is 72.9 Å². The summed E-state index contributed by atoms with van der Waals surface area (Å²) in [7, 11) is -3.02. The van der Waals surface area contributed by atoms with Gasteiger partial charge in [-0.25, -0.2) is 8.42 Å². The maximum absolute atomic E-state index is 11.4. The number of hydrogen-bond donors (Lipinski definition) is 2. The molecule has 0 radical (unpaired) electrons. The van der Waals surface area contributed by atoms with Gasteiger partial charge in [-0.1, -0.05) is 0 Å². The first-order chi connectivity index (χ1) is 5.67. The Morgan fingerprint density at radius 3 is 2.42 bits per heavy atom. The van der Waals surface area contributed by atoms with E-state index in [9.17, 15) is 8.42 Å². The molecule has 5 heteroatoms. The lowest BCUT2D eigenvalue weighted by Crippen LogP contribution is -2.37. The van der Waals surface area contributed by atoms with Gasteiger partial charge < -0.3 is 10.4 Å². The maximum Gasteiger partial charge on any atom is 0.155 e. The van der Waals surface area contributed by atoms with E-state index in [1.54, 1.807) is 0 Å². The minimum atomic E-state index is -3.02. The molecule has 1 aliphatic rings. The molecule has 1 heterocycles. The maximum atomic E-state index is 11.4. The first-order valence-electron chi connectivity index (χ1n) is 4.20. The molecule has 1 fully saturated rings. The molecule has 1 saturated heterocycles. The van der Waals surface area contributed by atoms with Crippen LogP contribution in [0.25, 0.3) is 0 Å². The van der Waals surface area contributed by atoms with Crippen molar-refractivity contribution in [1.29, 1.82) is 0 Å². The minimum absolute atomic E-state index is 0.0856. The average molecular weight is 193 g/mol. The van der Waals surface area contributed by atoms with Gasteiger partial charge in [0, 0.05) is 0 Å². The summed E-state index contributed by atoms with van der Waals surface area (Å²) in [6.45, 7) is 1.29. The van der Waals surface area contributed by atoms with Crippen LogP contribution >= 0.6 is 0 Å². The number of rotatable bonds is 3. The third-order valence-electron chi connectivity index (χ3n) is 2.17. The molecule has 0 spiro atoms. The Balaban J connectivity index is 2.54. The number of piperidine rings is 1. The second-order valence-electron chi connectivity index (χ2n) is 3.04. The molecule has 1 aliphatic heterocycles. The van der Waals surface area contributed by atoms with Crippen LogP contribution in [-0.4, -0.2) is 44.2 Å². The van der Waals surface area contributed by atoms with E-state index in [0.29, 0.717) is 12.8 Å². The van der Waals surface area contributed by atoms with Gasteiger partial charge in [0.2, 0.25) is 0 Å². The van der Waals surface area contributed by atoms with Gasteiger partial charge in [0.05, 0.1) is 17.6 Å². The third-order valence-corrected chi connectivity index (χ3v) is 4.41. The van der Waals surface area contributed by atoms with E-state index in [1.165, 1.54) is 0 Å². The van der Waals surface area contributed by atoms with E-state index in [2.05, 4.69) is 5.32 Å². The van der Waals surface area contributed by atoms with E-state index in [0.717, 1.165) is 13.1 Å². The van der Waals surface area contributed by atoms with Crippen LogP contribution in [0.15, 0.2) is 0 Å². The molecule has 0 amide bonds. The van der Waals surface area contributed by atoms with Crippen LogP contribution in [-0.2, 0) is 9.84 Å². The van der Waals surface area contributed by atoms with Crippen LogP contribution in [0.3, 0.4) is 0 Å². The van der Waals surface area contributed by atoms with Gasteiger partial charge in [0.1, 0.15) is 0 Å². The highest BCUT2D eigenvalue weighted by Crippen LogP contribution is 2.13. The fourth-order valence-corrected chi connectivity index (χ4v) is 2.99. The molecule has 12 heavy (non-hydrogen) atoms. The molecule has 1 rings (SSSR count). The first kappa shape index (κ1) is 9.95. The van der Waals surface area contributed by atoms with Crippen LogP contribution in [0.4, 0.5) is 0 Å². The van der Waals surface area contributed by atoms with Crippen molar-refractivity contribution >= 4 is 9.84 Å². The largest absolute Gasteiger partial charge is 0.395 e. The summed E-state index contributed by atoms with van der Waals surface area (Å²) >= 11 is 0. The van der Waals surface area contributed by atoms with Crippen LogP contribution in [0.1, 0.15) is 12.8 Å². The summed E-state index contributed by atoms with van der Waals surface area (Å²) < 4.78 is 22.8. The minimum Gasteiger partial charge on any atom is -0.395 e. The second kappa shape index (κ2) is 4.20. The topological polar surface area (TPSA) is 66.4 Å². The van der Waals surface area contributed by atoms with Gasteiger partial charge in [-0.15, -0.1) is 0 Å². The van der Waals surface area contributed by atoms with E-state index in [4.69, 9.17) is 5.11 Å². The SMILES string of the molecule is O=S(=O)(CCO)C1CCNCC1. The van der Waals surface area contributed by atoms with Gasteiger partial charge in [0.25, 0.3) is 0 Å². The molecule has 0 atom stereocenters. The van der Waals surface area contributed by atoms with Crippen molar-refractivity contribution in [3.8, 4) is 0 Å². The summed E-state index contributed by atoms with van der Waals surface area (Å²) in [6.07, 6.45) is 1.37. The molecule has 0 aliphatic carbocycles. The van der Waals surface area contributed by atoms with Crippen molar-refractivity contribution < 1.29 is 13.5 Å². The molecule has 4 nitrogen and oxygen atoms in total. The first-order valence-corrected chi connectivity index (χ1v) is 5.91. The smallest absolute Gasteiger partial charge is 0.155 e. The van der Waals surface area contributed by atoms with Crippen LogP contribution in [0.5, 0.6) is 0 Å². The Bertz CT molecular complexity index is 219. The van der Waals surface area contributed by atoms with Crippen molar-refractivity contribution in [3.05, 3.63) is 0 Å². The van der Waals surface area contributed by atoms with E-state index < -0.39 is 9.84 Å². The van der Waals surface area contributed by atoms with Crippen LogP contribution < -0.4 is 5.32 Å². The summed E-state index contributed by atoms with van der Waals surface area (Å²) in [5.41, 5.74) is 0. The Morgan fingerprint density at radius 2 is 1.92 bits per heavy atom. The quantitative estimate of drug-likeness (QED) is 0.612. The lowest BCUT2D eigenvalue weighted by Gasteiger charge is -2.22. The predicted molar refractivity (Wildman–Crippen MR) is 46.8 cm³/mol. The number of hydrogen-bond acceptors (Lipinski definition) is 4. The Hall–Kier alpha value is -0.130. The molecule has 72 valence electrons. The highest BCUT2D eigenvalue weighted by Gasteiger charge is 2.26. The summed E-state index contributed by atoms with van der Waals surface area (Å²) in [4.78, 5) is 0. The van der Waals surface area contributed by atoms with Crippen molar-refractivity contribution in [2.24, 2.45) is 0 Å². The number of nitrogens with one attached hydrogen (secondary N) is 1. The molecule has 0 bridgehead atoms. The van der Waals surface area contributed by atoms with Crippen molar-refractivity contribution in [3.63, 3.8) is 0 Å². The van der Waals surface area contributed by atoms with E-state index >= 15 is 0 Å². The summed E-state index contributed by atoms with van der Waals surface area (Å²) in [5.74, 6) is -0.0856. The van der Waals surface area contributed by atoms with Gasteiger partial charge >= 0.3 is 0 Å². The lowest BCUT2D eigenvalue weighted by molar-refractivity contribution is 0.318. The number of aliphatic hydroxyl groups is 1. The summed E-state index contributed by atoms with van der Waals surface area (Å²) in [6, 6.07) is 0. The second-order valence-corrected chi connectivity index (χ2v) is 5.44. The van der Waals surface area contributed by atoms with Gasteiger partial charge in [-0.05, 0) is 25.9 Å². The van der Waals surface area contributed by atoms with Gasteiger partial charge in [0.15, 0.2) is 9.84 Å². The predicted octanol–water partition coefficient (Wildman–Crippen LogP) is -0.854. The number of aliphatic hydroxyl groups excluding tert-OH is 1. The van der Waals surface area contributed by atoms with Crippen LogP contribution in [0, 0.1) is 0 Å². The molecule has 0 aromatic rings. The monoisotopic (exact) mass is 193 g/mol. The van der Waals surface area contributed by atoms with Crippen molar-refractivity contribution in [2.75, 3.05) is 25.4 Å². The zero-order chi connectivity index (χ0) is 9.03. The zero-order valence-corrected chi connectivity index (χ0v) is 7.81. The number of sulfone groups is 1. The fraction of sp³-hybridized carbons (Fsp3) is 1.00. The van der Waals surface area contributed by atoms with Crippen molar-refractivity contribution in [1.82, 2.24) is 5.32 Å². The van der Waals surface area contributed by atoms with Gasteiger partial charge in [-0.2, -0.15) is 0 Å². The highest BCUT2D eigenvalue weighted by molar-refractivity contribution is 7.92. The molecular formula is C7H15NO3S.